The number of para-hydroxylation sites is 2. The monoisotopic (exact) mass is 343 g/mol. The highest BCUT2D eigenvalue weighted by molar-refractivity contribution is 6.28. The zero-order chi connectivity index (χ0) is 18.0. The van der Waals surface area contributed by atoms with Gasteiger partial charge in [-0.3, -0.25) is 14.8 Å². The molecule has 0 aromatic heterocycles. The van der Waals surface area contributed by atoms with Gasteiger partial charge in [-0.15, -0.1) is 0 Å². The van der Waals surface area contributed by atoms with Crippen molar-refractivity contribution in [3.8, 4) is 5.75 Å². The van der Waals surface area contributed by atoms with Crippen LogP contribution in [0.2, 0.25) is 0 Å². The van der Waals surface area contributed by atoms with Gasteiger partial charge in [0.15, 0.2) is 0 Å². The number of amides is 2. The second-order valence-electron chi connectivity index (χ2n) is 5.35. The van der Waals surface area contributed by atoms with Crippen LogP contribution < -0.4 is 14.7 Å². The molecular formula is C18H16FN2O4. The predicted molar refractivity (Wildman–Crippen MR) is 88.9 cm³/mol. The molecule has 0 saturated carbocycles. The molecule has 2 aromatic rings. The van der Waals surface area contributed by atoms with E-state index in [-0.39, 0.29) is 5.69 Å². The lowest BCUT2D eigenvalue weighted by atomic mass is 10.2. The third-order valence-electron chi connectivity index (χ3n) is 3.75. The van der Waals surface area contributed by atoms with Gasteiger partial charge in [0.2, 0.25) is 5.91 Å². The summed E-state index contributed by atoms with van der Waals surface area (Å²) >= 11 is 0. The highest BCUT2D eigenvalue weighted by Crippen LogP contribution is 2.33. The molecule has 1 aliphatic heterocycles. The van der Waals surface area contributed by atoms with Crippen LogP contribution in [-0.2, 0) is 9.59 Å². The Labute approximate surface area is 144 Å². The second-order valence-corrected chi connectivity index (χ2v) is 5.35. The molecule has 0 spiro atoms. The topological polar surface area (TPSA) is 70.1 Å². The molecule has 7 heteroatoms. The number of carbonyl (C=O) groups excluding carboxylic acids is 2. The third-order valence-corrected chi connectivity index (χ3v) is 3.75. The van der Waals surface area contributed by atoms with Crippen molar-refractivity contribution >= 4 is 23.2 Å². The summed E-state index contributed by atoms with van der Waals surface area (Å²) in [7, 11) is 0. The quantitative estimate of drug-likeness (QED) is 0.667. The Balaban J connectivity index is 1.89. The summed E-state index contributed by atoms with van der Waals surface area (Å²) in [6, 6.07) is 10.4. The molecular weight excluding hydrogens is 327 g/mol. The Morgan fingerprint density at radius 2 is 1.84 bits per heavy atom. The van der Waals surface area contributed by atoms with Crippen molar-refractivity contribution in [3.05, 3.63) is 60.8 Å². The minimum Gasteiger partial charge on any atom is -0.492 e. The zero-order valence-corrected chi connectivity index (χ0v) is 13.4. The van der Waals surface area contributed by atoms with E-state index in [1.54, 1.807) is 31.2 Å². The maximum Gasteiger partial charge on any atom is 0.260 e. The van der Waals surface area contributed by atoms with Crippen LogP contribution in [0.25, 0.3) is 0 Å². The highest BCUT2D eigenvalue weighted by Gasteiger charge is 2.44. The molecule has 1 fully saturated rings. The summed E-state index contributed by atoms with van der Waals surface area (Å²) in [6.45, 7) is 2.17. The lowest BCUT2D eigenvalue weighted by Gasteiger charge is -2.23. The molecule has 129 valence electrons. The van der Waals surface area contributed by atoms with E-state index in [1.807, 2.05) is 0 Å². The molecule has 1 unspecified atom stereocenters. The number of imide groups is 1. The van der Waals surface area contributed by atoms with Crippen LogP contribution in [0.5, 0.6) is 5.75 Å². The molecule has 1 atom stereocenters. The van der Waals surface area contributed by atoms with E-state index >= 15 is 0 Å². The van der Waals surface area contributed by atoms with Gasteiger partial charge in [0.05, 0.1) is 24.4 Å². The first kappa shape index (κ1) is 16.9. The number of hydroxylamine groups is 1. The van der Waals surface area contributed by atoms with Crippen LogP contribution in [0.4, 0.5) is 15.8 Å². The molecule has 6 nitrogen and oxygen atoms in total. The van der Waals surface area contributed by atoms with Gasteiger partial charge in [-0.05, 0) is 43.3 Å². The Hall–Kier alpha value is -2.93. The standard InChI is InChI=1S/C18H16FN2O4/c1-2-25-16-6-4-3-5-14(16)20-17(22)11-15(18(20)23)21(24)13-9-7-12(19)8-10-13/h3-11,15,24H,2H2,1H3. The first-order valence-corrected chi connectivity index (χ1v) is 7.71. The van der Waals surface area contributed by atoms with Crippen LogP contribution in [0.3, 0.4) is 0 Å². The smallest absolute Gasteiger partial charge is 0.260 e. The van der Waals surface area contributed by atoms with Crippen LogP contribution in [0, 0.1) is 12.2 Å². The Morgan fingerprint density at radius 1 is 1.16 bits per heavy atom. The molecule has 25 heavy (non-hydrogen) atoms. The number of nitrogens with zero attached hydrogens (tertiary/aromatic N) is 2. The van der Waals surface area contributed by atoms with Gasteiger partial charge < -0.3 is 4.74 Å². The van der Waals surface area contributed by atoms with E-state index in [2.05, 4.69) is 0 Å². The second kappa shape index (κ2) is 6.90. The molecule has 1 aliphatic rings. The van der Waals surface area contributed by atoms with Gasteiger partial charge in [-0.1, -0.05) is 12.1 Å². The van der Waals surface area contributed by atoms with Crippen molar-refractivity contribution in [1.29, 1.82) is 0 Å². The van der Waals surface area contributed by atoms with Gasteiger partial charge in [0.25, 0.3) is 5.91 Å². The Kier molecular flexibility index (Phi) is 4.67. The molecule has 1 heterocycles. The first-order chi connectivity index (χ1) is 12.0. The van der Waals surface area contributed by atoms with Crippen molar-refractivity contribution in [1.82, 2.24) is 0 Å². The minimum atomic E-state index is -1.20. The van der Waals surface area contributed by atoms with Gasteiger partial charge in [-0.2, -0.15) is 0 Å². The van der Waals surface area contributed by atoms with Crippen LogP contribution in [0.15, 0.2) is 48.5 Å². The summed E-state index contributed by atoms with van der Waals surface area (Å²) in [5, 5.41) is 10.9. The van der Waals surface area contributed by atoms with E-state index in [9.17, 15) is 19.2 Å². The summed E-state index contributed by atoms with van der Waals surface area (Å²) < 4.78 is 18.5. The third kappa shape index (κ3) is 3.18. The van der Waals surface area contributed by atoms with E-state index in [4.69, 9.17) is 4.74 Å². The van der Waals surface area contributed by atoms with Crippen LogP contribution in [0.1, 0.15) is 6.92 Å². The number of hydrogen-bond donors (Lipinski definition) is 1. The molecule has 1 radical (unpaired) electrons. The van der Waals surface area contributed by atoms with Crippen molar-refractivity contribution in [2.24, 2.45) is 0 Å². The van der Waals surface area contributed by atoms with E-state index in [0.717, 1.165) is 23.5 Å². The number of benzene rings is 2. The number of carbonyl (C=O) groups is 2. The molecule has 3 rings (SSSR count). The average Bonchev–Trinajstić information content (AvgIpc) is 2.90. The minimum absolute atomic E-state index is 0.198. The average molecular weight is 343 g/mol. The van der Waals surface area contributed by atoms with Gasteiger partial charge >= 0.3 is 0 Å². The fourth-order valence-corrected chi connectivity index (χ4v) is 2.61. The van der Waals surface area contributed by atoms with Gasteiger partial charge in [0.1, 0.15) is 17.6 Å². The fraction of sp³-hybridized carbons (Fsp3) is 0.167. The SMILES string of the molecule is CCOc1ccccc1N1C(=O)[CH]C(N(O)c2ccc(F)cc2)C1=O. The normalized spacial score (nSPS) is 17.1. The molecule has 2 aromatic carbocycles. The summed E-state index contributed by atoms with van der Waals surface area (Å²) in [6.07, 6.45) is 1.11. The fourth-order valence-electron chi connectivity index (χ4n) is 2.61. The van der Waals surface area contributed by atoms with E-state index in [0.29, 0.717) is 23.1 Å². The lowest BCUT2D eigenvalue weighted by molar-refractivity contribution is -0.121. The van der Waals surface area contributed by atoms with E-state index in [1.165, 1.54) is 12.1 Å². The first-order valence-electron chi connectivity index (χ1n) is 7.71. The molecule has 2 amide bonds. The summed E-state index contributed by atoms with van der Waals surface area (Å²) in [4.78, 5) is 26.0. The van der Waals surface area contributed by atoms with Crippen LogP contribution in [-0.4, -0.2) is 29.7 Å². The van der Waals surface area contributed by atoms with Crippen molar-refractivity contribution in [2.45, 2.75) is 13.0 Å². The van der Waals surface area contributed by atoms with E-state index < -0.39 is 23.7 Å². The maximum absolute atomic E-state index is 13.0. The van der Waals surface area contributed by atoms with Crippen molar-refractivity contribution < 1.29 is 23.9 Å². The number of rotatable bonds is 5. The molecule has 0 bridgehead atoms. The highest BCUT2D eigenvalue weighted by atomic mass is 19.1. The predicted octanol–water partition coefficient (Wildman–Crippen LogP) is 2.57. The van der Waals surface area contributed by atoms with Gasteiger partial charge in [-0.25, -0.2) is 14.4 Å². The summed E-state index contributed by atoms with van der Waals surface area (Å²) in [5.41, 5.74) is 0.509. The number of halogens is 1. The molecule has 1 saturated heterocycles. The van der Waals surface area contributed by atoms with Crippen molar-refractivity contribution in [2.75, 3.05) is 16.6 Å². The summed E-state index contributed by atoms with van der Waals surface area (Å²) in [5.74, 6) is -1.26. The number of ether oxygens (including phenoxy) is 1. The maximum atomic E-state index is 13.0. The number of anilines is 2. The number of hydrogen-bond acceptors (Lipinski definition) is 5. The zero-order valence-electron chi connectivity index (χ0n) is 13.4. The van der Waals surface area contributed by atoms with Crippen molar-refractivity contribution in [3.63, 3.8) is 0 Å². The Bertz CT molecular complexity index is 794. The Morgan fingerprint density at radius 3 is 2.52 bits per heavy atom. The largest absolute Gasteiger partial charge is 0.492 e. The lowest BCUT2D eigenvalue weighted by Crippen LogP contribution is -2.40. The molecule has 1 N–H and O–H groups in total. The van der Waals surface area contributed by atoms with Gasteiger partial charge in [0, 0.05) is 0 Å². The van der Waals surface area contributed by atoms with Crippen LogP contribution >= 0.6 is 0 Å². The molecule has 0 aliphatic carbocycles.